The van der Waals surface area contributed by atoms with E-state index in [1.54, 1.807) is 12.5 Å². The van der Waals surface area contributed by atoms with Crippen molar-refractivity contribution in [3.63, 3.8) is 0 Å². The number of hydrogen-bond donors (Lipinski definition) is 0. The van der Waals surface area contributed by atoms with E-state index in [9.17, 15) is 0 Å². The molecule has 3 aromatic heterocycles. The number of nitrogens with zero attached hydrogens (tertiary/aromatic N) is 9. The number of anilines is 1. The zero-order valence-electron chi connectivity index (χ0n) is 14.3. The van der Waals surface area contributed by atoms with Gasteiger partial charge in [0.05, 0.1) is 18.3 Å². The molecule has 0 aromatic carbocycles. The molecule has 0 N–H and O–H groups in total. The minimum absolute atomic E-state index is 0.231. The number of rotatable bonds is 3. The first-order valence-corrected chi connectivity index (χ1v) is 8.00. The van der Waals surface area contributed by atoms with Crippen LogP contribution < -0.4 is 4.90 Å². The molecule has 0 radical (unpaired) electrons. The fourth-order valence-electron chi connectivity index (χ4n) is 3.49. The Hall–Kier alpha value is -2.55. The average molecular weight is 327 g/mol. The molecular formula is C15H21N9. The smallest absolute Gasteiger partial charge is 0.254 e. The van der Waals surface area contributed by atoms with Gasteiger partial charge in [0.15, 0.2) is 0 Å². The highest BCUT2D eigenvalue weighted by Crippen LogP contribution is 2.31. The van der Waals surface area contributed by atoms with Gasteiger partial charge in [0.2, 0.25) is 0 Å². The summed E-state index contributed by atoms with van der Waals surface area (Å²) < 4.78 is 3.78. The molecule has 9 heteroatoms. The Labute approximate surface area is 139 Å². The maximum atomic E-state index is 4.52. The van der Waals surface area contributed by atoms with Crippen molar-refractivity contribution in [3.8, 4) is 0 Å². The number of hydrogen-bond acceptors (Lipinski definition) is 7. The van der Waals surface area contributed by atoms with Gasteiger partial charge in [-0.1, -0.05) is 5.21 Å². The van der Waals surface area contributed by atoms with E-state index in [1.165, 1.54) is 0 Å². The van der Waals surface area contributed by atoms with Crippen molar-refractivity contribution >= 4 is 11.6 Å². The summed E-state index contributed by atoms with van der Waals surface area (Å²) in [6.45, 7) is 5.83. The zero-order valence-corrected chi connectivity index (χ0v) is 14.3. The van der Waals surface area contributed by atoms with E-state index in [1.807, 2.05) is 22.3 Å². The summed E-state index contributed by atoms with van der Waals surface area (Å²) in [5, 5.41) is 12.6. The van der Waals surface area contributed by atoms with Crippen LogP contribution in [-0.4, -0.2) is 72.7 Å². The fourth-order valence-corrected chi connectivity index (χ4v) is 3.49. The molecule has 0 amide bonds. The van der Waals surface area contributed by atoms with E-state index in [0.29, 0.717) is 11.8 Å². The predicted octanol–water partition coefficient (Wildman–Crippen LogP) is 0.324. The molecule has 0 unspecified atom stereocenters. The highest BCUT2D eigenvalue weighted by molar-refractivity contribution is 5.55. The van der Waals surface area contributed by atoms with Gasteiger partial charge < -0.3 is 9.80 Å². The molecule has 1 saturated heterocycles. The lowest BCUT2D eigenvalue weighted by molar-refractivity contribution is 0.243. The normalized spacial score (nSPS) is 21.3. The van der Waals surface area contributed by atoms with Gasteiger partial charge in [0.25, 0.3) is 5.78 Å². The Morgan fingerprint density at radius 2 is 2.04 bits per heavy atom. The van der Waals surface area contributed by atoms with E-state index in [2.05, 4.69) is 56.2 Å². The molecule has 126 valence electrons. The first kappa shape index (κ1) is 15.0. The van der Waals surface area contributed by atoms with Crippen molar-refractivity contribution in [1.29, 1.82) is 0 Å². The summed E-state index contributed by atoms with van der Waals surface area (Å²) in [4.78, 5) is 13.4. The lowest BCUT2D eigenvalue weighted by Gasteiger charge is -2.24. The summed E-state index contributed by atoms with van der Waals surface area (Å²) in [6, 6.07) is 0.562. The molecule has 24 heavy (non-hydrogen) atoms. The van der Waals surface area contributed by atoms with Crippen LogP contribution in [0.3, 0.4) is 0 Å². The van der Waals surface area contributed by atoms with Gasteiger partial charge in [-0.2, -0.15) is 14.6 Å². The van der Waals surface area contributed by atoms with E-state index in [0.717, 1.165) is 30.2 Å². The molecule has 9 nitrogen and oxygen atoms in total. The number of aryl methyl sites for hydroxylation is 1. The van der Waals surface area contributed by atoms with Crippen LogP contribution in [0.5, 0.6) is 0 Å². The summed E-state index contributed by atoms with van der Waals surface area (Å²) >= 11 is 0. The van der Waals surface area contributed by atoms with Crippen LogP contribution in [0.1, 0.15) is 17.3 Å². The molecule has 0 aliphatic carbocycles. The summed E-state index contributed by atoms with van der Waals surface area (Å²) in [5.41, 5.74) is 2.11. The van der Waals surface area contributed by atoms with Gasteiger partial charge in [0.1, 0.15) is 12.1 Å². The third-order valence-electron chi connectivity index (χ3n) is 4.88. The molecule has 4 heterocycles. The first-order chi connectivity index (χ1) is 11.6. The van der Waals surface area contributed by atoms with Crippen LogP contribution in [0.25, 0.3) is 5.78 Å². The van der Waals surface area contributed by atoms with E-state index >= 15 is 0 Å². The summed E-state index contributed by atoms with van der Waals surface area (Å²) in [7, 11) is 4.21. The molecule has 0 saturated carbocycles. The monoisotopic (exact) mass is 327 g/mol. The van der Waals surface area contributed by atoms with Crippen molar-refractivity contribution in [2.24, 2.45) is 0 Å². The zero-order chi connectivity index (χ0) is 16.8. The van der Waals surface area contributed by atoms with Crippen LogP contribution in [0.15, 0.2) is 18.7 Å². The van der Waals surface area contributed by atoms with Crippen LogP contribution in [-0.2, 0) is 0 Å². The quantitative estimate of drug-likeness (QED) is 0.685. The molecule has 1 aliphatic heterocycles. The maximum absolute atomic E-state index is 4.52. The minimum Gasteiger partial charge on any atom is -0.352 e. The van der Waals surface area contributed by atoms with Crippen LogP contribution >= 0.6 is 0 Å². The number of likely N-dealkylation sites (N-methyl/N-ethyl adjacent to an activating group) is 1. The molecule has 1 aliphatic rings. The lowest BCUT2D eigenvalue weighted by atomic mass is 10.1. The van der Waals surface area contributed by atoms with Gasteiger partial charge in [-0.05, 0) is 27.9 Å². The number of fused-ring (bicyclic) bond motifs is 1. The second-order valence-corrected chi connectivity index (χ2v) is 6.50. The Bertz CT molecular complexity index is 851. The Morgan fingerprint density at radius 3 is 2.75 bits per heavy atom. The van der Waals surface area contributed by atoms with E-state index in [-0.39, 0.29) is 6.04 Å². The van der Waals surface area contributed by atoms with Crippen molar-refractivity contribution < 1.29 is 0 Å². The van der Waals surface area contributed by atoms with Crippen molar-refractivity contribution in [2.75, 3.05) is 32.1 Å². The topological polar surface area (TPSA) is 80.3 Å². The van der Waals surface area contributed by atoms with Crippen LogP contribution in [0.4, 0.5) is 5.82 Å². The standard InChI is InChI=1S/C15H21N9/c1-10-11(2)19-15-16-9-18-24(15)14(10)22-7-12(21(3)4)13(8-22)23-6-5-17-20-23/h5-6,9,12-13H,7-8H2,1-4H3/t12-,13+/m1/s1. The van der Waals surface area contributed by atoms with Gasteiger partial charge in [0, 0.05) is 30.5 Å². The molecule has 4 rings (SSSR count). The van der Waals surface area contributed by atoms with Crippen molar-refractivity contribution in [1.82, 2.24) is 39.5 Å². The van der Waals surface area contributed by atoms with Crippen molar-refractivity contribution in [2.45, 2.75) is 25.9 Å². The molecular weight excluding hydrogens is 306 g/mol. The highest BCUT2D eigenvalue weighted by atomic mass is 15.5. The first-order valence-electron chi connectivity index (χ1n) is 8.00. The summed E-state index contributed by atoms with van der Waals surface area (Å²) in [5.74, 6) is 1.70. The molecule has 2 atom stereocenters. The predicted molar refractivity (Wildman–Crippen MR) is 89.0 cm³/mol. The largest absolute Gasteiger partial charge is 0.352 e. The Morgan fingerprint density at radius 1 is 1.21 bits per heavy atom. The average Bonchev–Trinajstić information content (AvgIpc) is 3.27. The number of aromatic nitrogens is 7. The van der Waals surface area contributed by atoms with E-state index < -0.39 is 0 Å². The Balaban J connectivity index is 1.78. The fraction of sp³-hybridized carbons (Fsp3) is 0.533. The molecule has 1 fully saturated rings. The minimum atomic E-state index is 0.231. The molecule has 0 spiro atoms. The van der Waals surface area contributed by atoms with Gasteiger partial charge in [-0.3, -0.25) is 0 Å². The maximum Gasteiger partial charge on any atom is 0.254 e. The third-order valence-corrected chi connectivity index (χ3v) is 4.88. The van der Waals surface area contributed by atoms with Crippen LogP contribution in [0.2, 0.25) is 0 Å². The van der Waals surface area contributed by atoms with Crippen molar-refractivity contribution in [3.05, 3.63) is 30.0 Å². The SMILES string of the molecule is Cc1nc2ncnn2c(N2C[C@@H](N(C)C)[C@@H](n3ccnn3)C2)c1C. The second kappa shape index (κ2) is 5.52. The van der Waals surface area contributed by atoms with Gasteiger partial charge in [-0.15, -0.1) is 5.10 Å². The van der Waals surface area contributed by atoms with Gasteiger partial charge in [-0.25, -0.2) is 9.67 Å². The second-order valence-electron chi connectivity index (χ2n) is 6.50. The van der Waals surface area contributed by atoms with Crippen LogP contribution in [0, 0.1) is 13.8 Å². The lowest BCUT2D eigenvalue weighted by Crippen LogP contribution is -2.36. The van der Waals surface area contributed by atoms with Gasteiger partial charge >= 0.3 is 0 Å². The third kappa shape index (κ3) is 2.23. The molecule has 0 bridgehead atoms. The Kier molecular flexibility index (Phi) is 3.45. The molecule has 3 aromatic rings. The summed E-state index contributed by atoms with van der Waals surface area (Å²) in [6.07, 6.45) is 5.21. The van der Waals surface area contributed by atoms with E-state index in [4.69, 9.17) is 0 Å². The highest BCUT2D eigenvalue weighted by Gasteiger charge is 2.37.